The van der Waals surface area contributed by atoms with E-state index in [1.807, 2.05) is 31.2 Å². The summed E-state index contributed by atoms with van der Waals surface area (Å²) in [6.07, 6.45) is 3.25. The van der Waals surface area contributed by atoms with Crippen molar-refractivity contribution in [3.8, 4) is 17.6 Å². The maximum Gasteiger partial charge on any atom is 0.266 e. The predicted molar refractivity (Wildman–Crippen MR) is 115 cm³/mol. The summed E-state index contributed by atoms with van der Waals surface area (Å²) in [4.78, 5) is 16.6. The first kappa shape index (κ1) is 20.6. The largest absolute Gasteiger partial charge is 0.494 e. The molecule has 0 bridgehead atoms. The summed E-state index contributed by atoms with van der Waals surface area (Å²) < 4.78 is 11.1. The van der Waals surface area contributed by atoms with Crippen LogP contribution in [0.2, 0.25) is 0 Å². The Balaban J connectivity index is 1.61. The Morgan fingerprint density at radius 2 is 1.73 bits per heavy atom. The zero-order valence-electron chi connectivity index (χ0n) is 16.5. The van der Waals surface area contributed by atoms with E-state index in [0.717, 1.165) is 17.0 Å². The van der Waals surface area contributed by atoms with Gasteiger partial charge in [0.25, 0.3) is 5.91 Å². The minimum atomic E-state index is -0.475. The minimum absolute atomic E-state index is 0.00559. The van der Waals surface area contributed by atoms with Gasteiger partial charge in [0.05, 0.1) is 12.3 Å². The Bertz CT molecular complexity index is 1040. The van der Waals surface area contributed by atoms with Crippen LogP contribution in [0, 0.1) is 11.3 Å². The zero-order valence-corrected chi connectivity index (χ0v) is 16.5. The van der Waals surface area contributed by atoms with Crippen molar-refractivity contribution in [1.82, 2.24) is 4.98 Å². The molecule has 6 heteroatoms. The van der Waals surface area contributed by atoms with Crippen molar-refractivity contribution in [3.05, 3.63) is 89.8 Å². The first-order valence-electron chi connectivity index (χ1n) is 9.46. The van der Waals surface area contributed by atoms with E-state index in [1.165, 1.54) is 6.08 Å². The van der Waals surface area contributed by atoms with Gasteiger partial charge in [0.15, 0.2) is 0 Å². The number of ether oxygens (including phenoxy) is 2. The number of aromatic nitrogens is 1. The van der Waals surface area contributed by atoms with Crippen molar-refractivity contribution >= 4 is 17.7 Å². The number of nitrogens with zero attached hydrogens (tertiary/aromatic N) is 2. The van der Waals surface area contributed by atoms with E-state index in [4.69, 9.17) is 9.47 Å². The van der Waals surface area contributed by atoms with Gasteiger partial charge in [0, 0.05) is 11.9 Å². The van der Waals surface area contributed by atoms with Crippen LogP contribution < -0.4 is 14.8 Å². The molecule has 0 saturated heterocycles. The van der Waals surface area contributed by atoms with E-state index >= 15 is 0 Å². The maximum absolute atomic E-state index is 12.4. The molecular formula is C24H21N3O3. The standard InChI is InChI=1S/C24H21N3O3/c1-2-29-22-12-8-20(9-13-22)27-24(28)19(16-25)15-18-6-10-23(11-7-18)30-17-21-5-3-4-14-26-21/h3-15H,2,17H2,1H3,(H,27,28)/b19-15+. The van der Waals surface area contributed by atoms with Gasteiger partial charge in [-0.25, -0.2) is 0 Å². The Morgan fingerprint density at radius 3 is 2.37 bits per heavy atom. The van der Waals surface area contributed by atoms with Crippen LogP contribution >= 0.6 is 0 Å². The highest BCUT2D eigenvalue weighted by molar-refractivity contribution is 6.09. The van der Waals surface area contributed by atoms with Gasteiger partial charge in [0.2, 0.25) is 0 Å². The number of nitrogens with one attached hydrogen (secondary N) is 1. The lowest BCUT2D eigenvalue weighted by Gasteiger charge is -2.07. The molecule has 1 heterocycles. The third-order valence-electron chi connectivity index (χ3n) is 4.09. The highest BCUT2D eigenvalue weighted by Crippen LogP contribution is 2.18. The van der Waals surface area contributed by atoms with Crippen LogP contribution in [0.15, 0.2) is 78.5 Å². The third kappa shape index (κ3) is 5.94. The summed E-state index contributed by atoms with van der Waals surface area (Å²) in [7, 11) is 0. The molecule has 0 unspecified atom stereocenters. The number of hydrogen-bond acceptors (Lipinski definition) is 5. The summed E-state index contributed by atoms with van der Waals surface area (Å²) in [5.74, 6) is 0.921. The summed E-state index contributed by atoms with van der Waals surface area (Å²) in [5.41, 5.74) is 2.15. The van der Waals surface area contributed by atoms with Crippen LogP contribution in [0.25, 0.3) is 6.08 Å². The quantitative estimate of drug-likeness (QED) is 0.442. The molecule has 6 nitrogen and oxygen atoms in total. The summed E-state index contributed by atoms with van der Waals surface area (Å²) in [5, 5.41) is 12.1. The van der Waals surface area contributed by atoms with Crippen LogP contribution in [0.3, 0.4) is 0 Å². The van der Waals surface area contributed by atoms with E-state index in [-0.39, 0.29) is 5.57 Å². The number of benzene rings is 2. The molecule has 0 radical (unpaired) electrons. The molecule has 3 rings (SSSR count). The topological polar surface area (TPSA) is 84.2 Å². The second-order valence-electron chi connectivity index (χ2n) is 6.26. The molecular weight excluding hydrogens is 378 g/mol. The van der Waals surface area contributed by atoms with E-state index in [1.54, 1.807) is 54.7 Å². The van der Waals surface area contributed by atoms with Crippen LogP contribution in [0.4, 0.5) is 5.69 Å². The first-order valence-corrected chi connectivity index (χ1v) is 9.46. The lowest BCUT2D eigenvalue weighted by molar-refractivity contribution is -0.112. The van der Waals surface area contributed by atoms with Crippen molar-refractivity contribution in [3.63, 3.8) is 0 Å². The number of carbonyl (C=O) groups excluding carboxylic acids is 1. The van der Waals surface area contributed by atoms with Crippen LogP contribution in [0.5, 0.6) is 11.5 Å². The fraction of sp³-hybridized carbons (Fsp3) is 0.125. The average molecular weight is 399 g/mol. The molecule has 0 atom stereocenters. The molecule has 150 valence electrons. The third-order valence-corrected chi connectivity index (χ3v) is 4.09. The molecule has 0 spiro atoms. The minimum Gasteiger partial charge on any atom is -0.494 e. The fourth-order valence-corrected chi connectivity index (χ4v) is 2.62. The smallest absolute Gasteiger partial charge is 0.266 e. The monoisotopic (exact) mass is 399 g/mol. The SMILES string of the molecule is CCOc1ccc(NC(=O)/C(C#N)=C/c2ccc(OCc3ccccn3)cc2)cc1. The van der Waals surface area contributed by atoms with Gasteiger partial charge in [-0.1, -0.05) is 18.2 Å². The number of pyridine rings is 1. The molecule has 0 fully saturated rings. The normalized spacial score (nSPS) is 10.7. The van der Waals surface area contributed by atoms with Crippen LogP contribution in [-0.4, -0.2) is 17.5 Å². The molecule has 0 saturated carbocycles. The van der Waals surface area contributed by atoms with Gasteiger partial charge in [0.1, 0.15) is 29.7 Å². The molecule has 2 aromatic carbocycles. The van der Waals surface area contributed by atoms with Crippen molar-refractivity contribution in [2.45, 2.75) is 13.5 Å². The molecule has 1 amide bonds. The number of anilines is 1. The van der Waals surface area contributed by atoms with E-state index in [0.29, 0.717) is 24.7 Å². The number of amides is 1. The maximum atomic E-state index is 12.4. The van der Waals surface area contributed by atoms with E-state index in [9.17, 15) is 10.1 Å². The van der Waals surface area contributed by atoms with Crippen molar-refractivity contribution in [1.29, 1.82) is 5.26 Å². The highest BCUT2D eigenvalue weighted by atomic mass is 16.5. The van der Waals surface area contributed by atoms with Gasteiger partial charge in [-0.05, 0) is 67.1 Å². The zero-order chi connectivity index (χ0) is 21.2. The van der Waals surface area contributed by atoms with Gasteiger partial charge >= 0.3 is 0 Å². The van der Waals surface area contributed by atoms with Gasteiger partial charge in [-0.3, -0.25) is 9.78 Å². The first-order chi connectivity index (χ1) is 14.7. The Labute approximate surface area is 175 Å². The van der Waals surface area contributed by atoms with Crippen LogP contribution in [0.1, 0.15) is 18.2 Å². The van der Waals surface area contributed by atoms with Crippen molar-refractivity contribution < 1.29 is 14.3 Å². The van der Waals surface area contributed by atoms with Crippen molar-refractivity contribution in [2.75, 3.05) is 11.9 Å². The molecule has 1 N–H and O–H groups in total. The molecule has 0 aliphatic carbocycles. The number of hydrogen-bond donors (Lipinski definition) is 1. The van der Waals surface area contributed by atoms with Gasteiger partial charge in [-0.15, -0.1) is 0 Å². The number of carbonyl (C=O) groups is 1. The Morgan fingerprint density at radius 1 is 1.03 bits per heavy atom. The molecule has 0 aliphatic rings. The predicted octanol–water partition coefficient (Wildman–Crippen LogP) is 4.60. The Kier molecular flexibility index (Phi) is 7.17. The molecule has 0 aliphatic heterocycles. The summed E-state index contributed by atoms with van der Waals surface area (Å²) in [6, 6.07) is 21.7. The number of nitriles is 1. The summed E-state index contributed by atoms with van der Waals surface area (Å²) >= 11 is 0. The average Bonchev–Trinajstić information content (AvgIpc) is 2.79. The molecule has 3 aromatic rings. The summed E-state index contributed by atoms with van der Waals surface area (Å²) in [6.45, 7) is 2.84. The van der Waals surface area contributed by atoms with Crippen molar-refractivity contribution in [2.24, 2.45) is 0 Å². The second kappa shape index (κ2) is 10.4. The lowest BCUT2D eigenvalue weighted by atomic mass is 10.1. The van der Waals surface area contributed by atoms with Gasteiger partial charge < -0.3 is 14.8 Å². The molecule has 1 aromatic heterocycles. The number of rotatable bonds is 8. The fourth-order valence-electron chi connectivity index (χ4n) is 2.62. The highest BCUT2D eigenvalue weighted by Gasteiger charge is 2.10. The Hall–Kier alpha value is -4.11. The molecule has 30 heavy (non-hydrogen) atoms. The van der Waals surface area contributed by atoms with E-state index < -0.39 is 5.91 Å². The van der Waals surface area contributed by atoms with E-state index in [2.05, 4.69) is 10.3 Å². The van der Waals surface area contributed by atoms with Gasteiger partial charge in [-0.2, -0.15) is 5.26 Å². The van der Waals surface area contributed by atoms with Crippen LogP contribution in [-0.2, 0) is 11.4 Å². The lowest BCUT2D eigenvalue weighted by Crippen LogP contribution is -2.13. The second-order valence-corrected chi connectivity index (χ2v) is 6.26.